The van der Waals surface area contributed by atoms with Crippen LogP contribution in [0.2, 0.25) is 5.02 Å². The van der Waals surface area contributed by atoms with Crippen LogP contribution in [0.1, 0.15) is 15.9 Å². The Bertz CT molecular complexity index is 589. The van der Waals surface area contributed by atoms with Crippen molar-refractivity contribution in [3.05, 3.63) is 52.8 Å². The molecule has 20 heavy (non-hydrogen) atoms. The SMILES string of the molecule is O=C(NO)c1cnc(NCCc2ccccc2Cl)nc1. The number of hydrogen-bond donors (Lipinski definition) is 3. The summed E-state index contributed by atoms with van der Waals surface area (Å²) >= 11 is 6.05. The van der Waals surface area contributed by atoms with E-state index in [1.807, 2.05) is 24.3 Å². The van der Waals surface area contributed by atoms with Crippen molar-refractivity contribution in [2.75, 3.05) is 11.9 Å². The van der Waals surface area contributed by atoms with Gasteiger partial charge in [-0.15, -0.1) is 0 Å². The minimum Gasteiger partial charge on any atom is -0.354 e. The van der Waals surface area contributed by atoms with Crippen molar-refractivity contribution >= 4 is 23.5 Å². The zero-order chi connectivity index (χ0) is 14.4. The molecule has 0 radical (unpaired) electrons. The molecule has 0 saturated heterocycles. The molecule has 1 heterocycles. The second kappa shape index (κ2) is 6.83. The molecule has 0 bridgehead atoms. The van der Waals surface area contributed by atoms with Crippen LogP contribution in [0.4, 0.5) is 5.95 Å². The van der Waals surface area contributed by atoms with E-state index in [-0.39, 0.29) is 5.56 Å². The third-order valence-electron chi connectivity index (χ3n) is 2.65. The molecular formula is C13H13ClN4O2. The second-order valence-electron chi connectivity index (χ2n) is 4.00. The number of amides is 1. The molecule has 0 saturated carbocycles. The van der Waals surface area contributed by atoms with E-state index in [1.54, 1.807) is 0 Å². The average molecular weight is 293 g/mol. The highest BCUT2D eigenvalue weighted by molar-refractivity contribution is 6.31. The summed E-state index contributed by atoms with van der Waals surface area (Å²) in [5.41, 5.74) is 2.74. The molecular weight excluding hydrogens is 280 g/mol. The zero-order valence-electron chi connectivity index (χ0n) is 10.5. The molecule has 0 aliphatic carbocycles. The monoisotopic (exact) mass is 292 g/mol. The molecule has 7 heteroatoms. The molecule has 1 aromatic carbocycles. The van der Waals surface area contributed by atoms with E-state index in [1.165, 1.54) is 17.9 Å². The number of benzene rings is 1. The van der Waals surface area contributed by atoms with Crippen LogP contribution in [0.5, 0.6) is 0 Å². The first-order valence-corrected chi connectivity index (χ1v) is 6.32. The fourth-order valence-corrected chi connectivity index (χ4v) is 1.84. The summed E-state index contributed by atoms with van der Waals surface area (Å²) < 4.78 is 0. The van der Waals surface area contributed by atoms with Gasteiger partial charge in [0.25, 0.3) is 5.91 Å². The molecule has 0 aliphatic rings. The van der Waals surface area contributed by atoms with Crippen LogP contribution in [0, 0.1) is 0 Å². The molecule has 3 N–H and O–H groups in total. The second-order valence-corrected chi connectivity index (χ2v) is 4.41. The Balaban J connectivity index is 1.88. The van der Waals surface area contributed by atoms with Crippen molar-refractivity contribution < 1.29 is 10.0 Å². The summed E-state index contributed by atoms with van der Waals surface area (Å²) in [6, 6.07) is 7.61. The van der Waals surface area contributed by atoms with E-state index in [9.17, 15) is 4.79 Å². The molecule has 104 valence electrons. The highest BCUT2D eigenvalue weighted by Gasteiger charge is 2.05. The number of rotatable bonds is 5. The highest BCUT2D eigenvalue weighted by atomic mass is 35.5. The van der Waals surface area contributed by atoms with Gasteiger partial charge >= 0.3 is 0 Å². The maximum absolute atomic E-state index is 11.1. The predicted octanol–water partition coefficient (Wildman–Crippen LogP) is 1.90. The zero-order valence-corrected chi connectivity index (χ0v) is 11.3. The van der Waals surface area contributed by atoms with Gasteiger partial charge in [-0.2, -0.15) is 0 Å². The minimum absolute atomic E-state index is 0.184. The number of hydroxylamine groups is 1. The van der Waals surface area contributed by atoms with Gasteiger partial charge in [-0.3, -0.25) is 10.0 Å². The van der Waals surface area contributed by atoms with Gasteiger partial charge in [0, 0.05) is 24.0 Å². The number of nitrogens with one attached hydrogen (secondary N) is 2. The first-order valence-electron chi connectivity index (χ1n) is 5.94. The van der Waals surface area contributed by atoms with Gasteiger partial charge in [0.1, 0.15) is 0 Å². The van der Waals surface area contributed by atoms with E-state index in [2.05, 4.69) is 15.3 Å². The van der Waals surface area contributed by atoms with Gasteiger partial charge in [0.15, 0.2) is 0 Å². The Hall–Kier alpha value is -2.18. The van der Waals surface area contributed by atoms with E-state index >= 15 is 0 Å². The third-order valence-corrected chi connectivity index (χ3v) is 3.02. The van der Waals surface area contributed by atoms with Gasteiger partial charge in [-0.1, -0.05) is 29.8 Å². The lowest BCUT2D eigenvalue weighted by Gasteiger charge is -2.06. The number of carbonyl (C=O) groups is 1. The molecule has 0 aliphatic heterocycles. The lowest BCUT2D eigenvalue weighted by Crippen LogP contribution is -2.19. The molecule has 1 amide bonds. The summed E-state index contributed by atoms with van der Waals surface area (Å²) in [6.45, 7) is 0.620. The van der Waals surface area contributed by atoms with Crippen molar-refractivity contribution in [3.8, 4) is 0 Å². The molecule has 0 spiro atoms. The topological polar surface area (TPSA) is 87.1 Å². The predicted molar refractivity (Wildman–Crippen MR) is 74.9 cm³/mol. The lowest BCUT2D eigenvalue weighted by atomic mass is 10.1. The van der Waals surface area contributed by atoms with E-state index in [4.69, 9.17) is 16.8 Å². The number of nitrogens with zero attached hydrogens (tertiary/aromatic N) is 2. The van der Waals surface area contributed by atoms with Gasteiger partial charge in [0.05, 0.1) is 5.56 Å². The standard InChI is InChI=1S/C13H13ClN4O2/c14-11-4-2-1-3-9(11)5-6-15-13-16-7-10(8-17-13)12(19)18-20/h1-4,7-8,20H,5-6H2,(H,18,19)(H,15,16,17). The van der Waals surface area contributed by atoms with Crippen LogP contribution in [0.3, 0.4) is 0 Å². The summed E-state index contributed by atoms with van der Waals surface area (Å²) in [6.07, 6.45) is 3.40. The van der Waals surface area contributed by atoms with Crippen molar-refractivity contribution in [3.63, 3.8) is 0 Å². The van der Waals surface area contributed by atoms with Crippen LogP contribution in [0.25, 0.3) is 0 Å². The van der Waals surface area contributed by atoms with Crippen LogP contribution in [-0.2, 0) is 6.42 Å². The van der Waals surface area contributed by atoms with Crippen molar-refractivity contribution in [2.45, 2.75) is 6.42 Å². The smallest absolute Gasteiger partial charge is 0.277 e. The van der Waals surface area contributed by atoms with Crippen LogP contribution in [0.15, 0.2) is 36.7 Å². The summed E-state index contributed by atoms with van der Waals surface area (Å²) in [7, 11) is 0. The van der Waals surface area contributed by atoms with Crippen LogP contribution >= 0.6 is 11.6 Å². The molecule has 2 aromatic rings. The Morgan fingerprint density at radius 1 is 1.25 bits per heavy atom. The van der Waals surface area contributed by atoms with E-state index in [0.29, 0.717) is 12.5 Å². The summed E-state index contributed by atoms with van der Waals surface area (Å²) in [4.78, 5) is 19.0. The molecule has 6 nitrogen and oxygen atoms in total. The van der Waals surface area contributed by atoms with Gasteiger partial charge in [-0.05, 0) is 18.1 Å². The summed E-state index contributed by atoms with van der Waals surface area (Å²) in [5, 5.41) is 12.2. The van der Waals surface area contributed by atoms with Crippen molar-refractivity contribution in [1.29, 1.82) is 0 Å². The molecule has 0 unspecified atom stereocenters. The fourth-order valence-electron chi connectivity index (χ4n) is 1.61. The Morgan fingerprint density at radius 2 is 1.95 bits per heavy atom. The van der Waals surface area contributed by atoms with Gasteiger partial charge in [0.2, 0.25) is 5.95 Å². The average Bonchev–Trinajstić information content (AvgIpc) is 2.49. The number of halogens is 1. The lowest BCUT2D eigenvalue weighted by molar-refractivity contribution is 0.0705. The molecule has 2 rings (SSSR count). The minimum atomic E-state index is -0.646. The highest BCUT2D eigenvalue weighted by Crippen LogP contribution is 2.15. The largest absolute Gasteiger partial charge is 0.354 e. The Morgan fingerprint density at radius 3 is 2.60 bits per heavy atom. The summed E-state index contributed by atoms with van der Waals surface area (Å²) in [5.74, 6) is -0.237. The fraction of sp³-hybridized carbons (Fsp3) is 0.154. The molecule has 0 atom stereocenters. The van der Waals surface area contributed by atoms with Crippen LogP contribution < -0.4 is 10.8 Å². The maximum atomic E-state index is 11.1. The number of aromatic nitrogens is 2. The molecule has 0 fully saturated rings. The van der Waals surface area contributed by atoms with Crippen molar-refractivity contribution in [2.24, 2.45) is 0 Å². The van der Waals surface area contributed by atoms with Crippen molar-refractivity contribution in [1.82, 2.24) is 15.4 Å². The Labute approximate surface area is 120 Å². The number of carbonyl (C=O) groups excluding carboxylic acids is 1. The molecule has 1 aromatic heterocycles. The van der Waals surface area contributed by atoms with Gasteiger partial charge < -0.3 is 5.32 Å². The van der Waals surface area contributed by atoms with E-state index < -0.39 is 5.91 Å². The first-order chi connectivity index (χ1) is 9.70. The third kappa shape index (κ3) is 3.66. The first kappa shape index (κ1) is 14.2. The van der Waals surface area contributed by atoms with Crippen LogP contribution in [-0.4, -0.2) is 27.6 Å². The number of hydrogen-bond acceptors (Lipinski definition) is 5. The maximum Gasteiger partial charge on any atom is 0.277 e. The quantitative estimate of drug-likeness (QED) is 0.579. The Kier molecular flexibility index (Phi) is 4.86. The number of anilines is 1. The van der Waals surface area contributed by atoms with Gasteiger partial charge in [-0.25, -0.2) is 15.4 Å². The normalized spacial score (nSPS) is 10.1. The van der Waals surface area contributed by atoms with E-state index in [0.717, 1.165) is 17.0 Å².